The van der Waals surface area contributed by atoms with Crippen LogP contribution in [0.15, 0.2) is 18.2 Å². The number of sulfone groups is 1. The first-order valence-corrected chi connectivity index (χ1v) is 7.51. The van der Waals surface area contributed by atoms with Gasteiger partial charge in [0.05, 0.1) is 11.5 Å². The minimum atomic E-state index is -2.99. The molecule has 0 amide bonds. The third-order valence-corrected chi connectivity index (χ3v) is 5.05. The molecule has 1 N–H and O–H groups in total. The first kappa shape index (κ1) is 13.4. The van der Waals surface area contributed by atoms with Crippen molar-refractivity contribution in [1.82, 2.24) is 5.32 Å². The molecular formula is C12H15F2NO2S. The van der Waals surface area contributed by atoms with Gasteiger partial charge in [-0.05, 0) is 31.0 Å². The average Bonchev–Trinajstić information content (AvgIpc) is 2.50. The summed E-state index contributed by atoms with van der Waals surface area (Å²) in [6.45, 7) is 2.06. The summed E-state index contributed by atoms with van der Waals surface area (Å²) in [5, 5.41) is 3.07. The molecule has 1 heterocycles. The largest absolute Gasteiger partial charge is 0.306 e. The van der Waals surface area contributed by atoms with Gasteiger partial charge < -0.3 is 5.32 Å². The Hall–Kier alpha value is -1.01. The summed E-state index contributed by atoms with van der Waals surface area (Å²) in [7, 11) is -2.99. The predicted octanol–water partition coefficient (Wildman–Crippen LogP) is 1.63. The van der Waals surface area contributed by atoms with Crippen molar-refractivity contribution in [3.8, 4) is 0 Å². The maximum Gasteiger partial charge on any atom is 0.152 e. The van der Waals surface area contributed by atoms with Crippen LogP contribution in [0.2, 0.25) is 0 Å². The highest BCUT2D eigenvalue weighted by Gasteiger charge is 2.37. The van der Waals surface area contributed by atoms with Gasteiger partial charge in [0.1, 0.15) is 11.6 Å². The van der Waals surface area contributed by atoms with Crippen molar-refractivity contribution in [2.75, 3.05) is 11.5 Å². The molecule has 0 saturated carbocycles. The Bertz CT molecular complexity index is 539. The molecule has 0 radical (unpaired) electrons. The molecule has 1 aliphatic heterocycles. The van der Waals surface area contributed by atoms with Crippen LogP contribution >= 0.6 is 0 Å². The van der Waals surface area contributed by atoms with E-state index in [9.17, 15) is 17.2 Å². The van der Waals surface area contributed by atoms with Gasteiger partial charge in [-0.25, -0.2) is 17.2 Å². The Labute approximate surface area is 105 Å². The van der Waals surface area contributed by atoms with Gasteiger partial charge in [-0.3, -0.25) is 0 Å². The molecule has 0 aromatic heterocycles. The number of halogens is 2. The summed E-state index contributed by atoms with van der Waals surface area (Å²) in [5.41, 5.74) is -0.0419. The van der Waals surface area contributed by atoms with E-state index in [0.717, 1.165) is 6.07 Å². The van der Waals surface area contributed by atoms with Crippen LogP contribution in [0.4, 0.5) is 8.78 Å². The molecular weight excluding hydrogens is 260 g/mol. The quantitative estimate of drug-likeness (QED) is 0.912. The number of benzene rings is 1. The standard InChI is InChI=1S/C12H15F2NO2S/c1-12(2-3-18(16,17)8-12)15-7-9-4-10(13)6-11(14)5-9/h4-6,15H,2-3,7-8H2,1H3. The summed E-state index contributed by atoms with van der Waals surface area (Å²) in [6.07, 6.45) is 0.521. The highest BCUT2D eigenvalue weighted by Crippen LogP contribution is 2.23. The van der Waals surface area contributed by atoms with Gasteiger partial charge in [-0.1, -0.05) is 0 Å². The van der Waals surface area contributed by atoms with Gasteiger partial charge in [-0.2, -0.15) is 0 Å². The molecule has 0 bridgehead atoms. The lowest BCUT2D eigenvalue weighted by atomic mass is 10.0. The molecule has 0 aliphatic carbocycles. The molecule has 18 heavy (non-hydrogen) atoms. The Morgan fingerprint density at radius 1 is 1.28 bits per heavy atom. The first-order valence-electron chi connectivity index (χ1n) is 5.68. The van der Waals surface area contributed by atoms with Crippen molar-refractivity contribution in [3.05, 3.63) is 35.4 Å². The van der Waals surface area contributed by atoms with Gasteiger partial charge in [0.2, 0.25) is 0 Å². The molecule has 3 nitrogen and oxygen atoms in total. The second-order valence-corrected chi connectivity index (χ2v) is 7.22. The van der Waals surface area contributed by atoms with Crippen molar-refractivity contribution in [3.63, 3.8) is 0 Å². The zero-order valence-corrected chi connectivity index (χ0v) is 10.9. The maximum absolute atomic E-state index is 13.0. The van der Waals surface area contributed by atoms with Gasteiger partial charge in [0.25, 0.3) is 0 Å². The summed E-state index contributed by atoms with van der Waals surface area (Å²) in [6, 6.07) is 3.29. The van der Waals surface area contributed by atoms with Crippen molar-refractivity contribution in [1.29, 1.82) is 0 Å². The Kier molecular flexibility index (Phi) is 3.42. The fraction of sp³-hybridized carbons (Fsp3) is 0.500. The minimum Gasteiger partial charge on any atom is -0.306 e. The summed E-state index contributed by atoms with van der Waals surface area (Å²) >= 11 is 0. The normalized spacial score (nSPS) is 26.4. The van der Waals surface area contributed by atoms with Crippen LogP contribution in [0, 0.1) is 11.6 Å². The summed E-state index contributed by atoms with van der Waals surface area (Å²) in [5.74, 6) is -1.03. The summed E-state index contributed by atoms with van der Waals surface area (Å²) in [4.78, 5) is 0. The van der Waals surface area contributed by atoms with Crippen LogP contribution < -0.4 is 5.32 Å². The van der Waals surface area contributed by atoms with Crippen molar-refractivity contribution < 1.29 is 17.2 Å². The van der Waals surface area contributed by atoms with E-state index in [1.54, 1.807) is 0 Å². The van der Waals surface area contributed by atoms with Crippen molar-refractivity contribution >= 4 is 9.84 Å². The van der Waals surface area contributed by atoms with Gasteiger partial charge in [0, 0.05) is 18.2 Å². The fourth-order valence-corrected chi connectivity index (χ4v) is 4.30. The second-order valence-electron chi connectivity index (χ2n) is 5.03. The molecule has 1 fully saturated rings. The zero-order valence-electron chi connectivity index (χ0n) is 10.0. The van der Waals surface area contributed by atoms with Gasteiger partial charge >= 0.3 is 0 Å². The lowest BCUT2D eigenvalue weighted by Crippen LogP contribution is -2.42. The Morgan fingerprint density at radius 2 is 1.89 bits per heavy atom. The molecule has 1 aliphatic rings. The molecule has 1 aromatic rings. The van der Waals surface area contributed by atoms with Gasteiger partial charge in [-0.15, -0.1) is 0 Å². The van der Waals surface area contributed by atoms with E-state index in [1.165, 1.54) is 12.1 Å². The van der Waals surface area contributed by atoms with E-state index in [2.05, 4.69) is 5.32 Å². The SMILES string of the molecule is CC1(NCc2cc(F)cc(F)c2)CCS(=O)(=O)C1. The minimum absolute atomic E-state index is 0.0673. The molecule has 1 aromatic carbocycles. The molecule has 1 unspecified atom stereocenters. The highest BCUT2D eigenvalue weighted by molar-refractivity contribution is 7.91. The second kappa shape index (κ2) is 4.59. The number of rotatable bonds is 3. The maximum atomic E-state index is 13.0. The molecule has 0 spiro atoms. The molecule has 1 atom stereocenters. The topological polar surface area (TPSA) is 46.2 Å². The van der Waals surface area contributed by atoms with Crippen LogP contribution in [-0.2, 0) is 16.4 Å². The number of nitrogens with one attached hydrogen (secondary N) is 1. The molecule has 6 heteroatoms. The van der Waals surface area contributed by atoms with Crippen LogP contribution in [0.1, 0.15) is 18.9 Å². The predicted molar refractivity (Wildman–Crippen MR) is 64.9 cm³/mol. The molecule has 100 valence electrons. The van der Waals surface area contributed by atoms with E-state index in [-0.39, 0.29) is 18.1 Å². The smallest absolute Gasteiger partial charge is 0.152 e. The average molecular weight is 275 g/mol. The Balaban J connectivity index is 2.04. The van der Waals surface area contributed by atoms with Crippen molar-refractivity contribution in [2.45, 2.75) is 25.4 Å². The van der Waals surface area contributed by atoms with E-state index >= 15 is 0 Å². The number of hydrogen-bond acceptors (Lipinski definition) is 3. The Morgan fingerprint density at radius 3 is 2.39 bits per heavy atom. The van der Waals surface area contributed by atoms with E-state index in [0.29, 0.717) is 12.0 Å². The van der Waals surface area contributed by atoms with Crippen molar-refractivity contribution in [2.24, 2.45) is 0 Å². The third-order valence-electron chi connectivity index (χ3n) is 3.14. The molecule has 2 rings (SSSR count). The lowest BCUT2D eigenvalue weighted by Gasteiger charge is -2.24. The lowest BCUT2D eigenvalue weighted by molar-refractivity contribution is 0.394. The third kappa shape index (κ3) is 3.26. The summed E-state index contributed by atoms with van der Waals surface area (Å²) < 4.78 is 48.8. The number of hydrogen-bond donors (Lipinski definition) is 1. The zero-order chi connectivity index (χ0) is 13.4. The highest BCUT2D eigenvalue weighted by atomic mass is 32.2. The van der Waals surface area contributed by atoms with E-state index in [4.69, 9.17) is 0 Å². The van der Waals surface area contributed by atoms with Crippen LogP contribution in [-0.4, -0.2) is 25.5 Å². The van der Waals surface area contributed by atoms with Crippen LogP contribution in [0.5, 0.6) is 0 Å². The van der Waals surface area contributed by atoms with Crippen LogP contribution in [0.3, 0.4) is 0 Å². The van der Waals surface area contributed by atoms with Gasteiger partial charge in [0.15, 0.2) is 9.84 Å². The van der Waals surface area contributed by atoms with E-state index < -0.39 is 27.0 Å². The van der Waals surface area contributed by atoms with Crippen LogP contribution in [0.25, 0.3) is 0 Å². The molecule has 1 saturated heterocycles. The van der Waals surface area contributed by atoms with E-state index in [1.807, 2.05) is 6.92 Å². The fourth-order valence-electron chi connectivity index (χ4n) is 2.18. The monoisotopic (exact) mass is 275 g/mol. The first-order chi connectivity index (χ1) is 8.28.